The van der Waals surface area contributed by atoms with Crippen molar-refractivity contribution in [3.05, 3.63) is 39.7 Å². The van der Waals surface area contributed by atoms with Crippen molar-refractivity contribution in [3.8, 4) is 11.3 Å². The summed E-state index contributed by atoms with van der Waals surface area (Å²) in [7, 11) is 0. The van der Waals surface area contributed by atoms with E-state index in [0.717, 1.165) is 22.8 Å². The minimum absolute atomic E-state index is 0.441. The number of hydrogen-bond acceptors (Lipinski definition) is 3. The molecule has 2 aromatic rings. The number of hydrogen-bond donors (Lipinski definition) is 1. The monoisotopic (exact) mass is 278 g/mol. The summed E-state index contributed by atoms with van der Waals surface area (Å²) >= 11 is 7.75. The van der Waals surface area contributed by atoms with E-state index in [1.54, 1.807) is 11.3 Å². The van der Waals surface area contributed by atoms with Crippen LogP contribution in [0.15, 0.2) is 29.6 Å². The fraction of sp³-hybridized carbons (Fsp3) is 0.357. The molecule has 1 aromatic carbocycles. The number of halogens is 1. The number of nitrogens with one attached hydrogen (secondary N) is 1. The third-order valence-electron chi connectivity index (χ3n) is 3.25. The molecule has 1 saturated heterocycles. The smallest absolute Gasteiger partial charge is 0.110 e. The van der Waals surface area contributed by atoms with Gasteiger partial charge in [-0.3, -0.25) is 0 Å². The van der Waals surface area contributed by atoms with Gasteiger partial charge in [0.15, 0.2) is 0 Å². The molecule has 0 spiro atoms. The zero-order valence-electron chi connectivity index (χ0n) is 10.0. The molecule has 1 fully saturated rings. The number of piperidine rings is 1. The highest BCUT2D eigenvalue weighted by atomic mass is 35.5. The predicted molar refractivity (Wildman–Crippen MR) is 77.2 cm³/mol. The Labute approximate surface area is 116 Å². The second-order valence-electron chi connectivity index (χ2n) is 4.58. The van der Waals surface area contributed by atoms with Crippen LogP contribution in [-0.4, -0.2) is 11.5 Å². The van der Waals surface area contributed by atoms with E-state index in [-0.39, 0.29) is 0 Å². The first kappa shape index (κ1) is 12.2. The summed E-state index contributed by atoms with van der Waals surface area (Å²) in [5.41, 5.74) is 2.13. The third kappa shape index (κ3) is 2.58. The lowest BCUT2D eigenvalue weighted by molar-refractivity contribution is 0.411. The molecule has 1 atom stereocenters. The summed E-state index contributed by atoms with van der Waals surface area (Å²) in [4.78, 5) is 4.74. The van der Waals surface area contributed by atoms with Gasteiger partial charge in [0.25, 0.3) is 0 Å². The Morgan fingerprint density at radius 2 is 2.28 bits per heavy atom. The van der Waals surface area contributed by atoms with Crippen molar-refractivity contribution in [3.63, 3.8) is 0 Å². The van der Waals surface area contributed by atoms with Gasteiger partial charge in [0.1, 0.15) is 5.01 Å². The van der Waals surface area contributed by atoms with Crippen LogP contribution in [0.5, 0.6) is 0 Å². The van der Waals surface area contributed by atoms with Gasteiger partial charge in [-0.25, -0.2) is 4.98 Å². The van der Waals surface area contributed by atoms with Gasteiger partial charge in [0, 0.05) is 16.0 Å². The van der Waals surface area contributed by atoms with E-state index in [9.17, 15) is 0 Å². The van der Waals surface area contributed by atoms with Crippen molar-refractivity contribution < 1.29 is 0 Å². The van der Waals surface area contributed by atoms with Crippen LogP contribution in [0.1, 0.15) is 30.3 Å². The van der Waals surface area contributed by atoms with Crippen molar-refractivity contribution in [2.24, 2.45) is 0 Å². The standard InChI is InChI=1S/C14H15ClN2S/c15-11-5-3-4-10(8-11)13-9-18-14(17-13)12-6-1-2-7-16-12/h3-5,8-9,12,16H,1-2,6-7H2. The van der Waals surface area contributed by atoms with Crippen LogP contribution < -0.4 is 5.32 Å². The van der Waals surface area contributed by atoms with E-state index in [1.165, 1.54) is 24.3 Å². The van der Waals surface area contributed by atoms with Gasteiger partial charge >= 0.3 is 0 Å². The first-order valence-corrected chi connectivity index (χ1v) is 7.53. The molecular formula is C14H15ClN2S. The zero-order valence-corrected chi connectivity index (χ0v) is 11.6. The van der Waals surface area contributed by atoms with Crippen LogP contribution in [-0.2, 0) is 0 Å². The minimum Gasteiger partial charge on any atom is -0.308 e. The Morgan fingerprint density at radius 3 is 3.06 bits per heavy atom. The lowest BCUT2D eigenvalue weighted by Crippen LogP contribution is -2.26. The molecule has 1 unspecified atom stereocenters. The number of aromatic nitrogens is 1. The lowest BCUT2D eigenvalue weighted by atomic mass is 10.1. The van der Waals surface area contributed by atoms with Crippen molar-refractivity contribution in [1.82, 2.24) is 10.3 Å². The van der Waals surface area contributed by atoms with Crippen LogP contribution in [0.4, 0.5) is 0 Å². The van der Waals surface area contributed by atoms with E-state index in [2.05, 4.69) is 16.8 Å². The van der Waals surface area contributed by atoms with E-state index in [1.807, 2.05) is 18.2 Å². The maximum absolute atomic E-state index is 6.01. The van der Waals surface area contributed by atoms with Crippen LogP contribution in [0.25, 0.3) is 11.3 Å². The molecule has 0 saturated carbocycles. The molecule has 2 nitrogen and oxygen atoms in total. The Balaban J connectivity index is 1.84. The maximum atomic E-state index is 6.01. The van der Waals surface area contributed by atoms with E-state index < -0.39 is 0 Å². The topological polar surface area (TPSA) is 24.9 Å². The summed E-state index contributed by atoms with van der Waals surface area (Å²) in [6.45, 7) is 1.11. The number of nitrogens with zero attached hydrogens (tertiary/aromatic N) is 1. The van der Waals surface area contributed by atoms with E-state index >= 15 is 0 Å². The Morgan fingerprint density at radius 1 is 1.33 bits per heavy atom. The van der Waals surface area contributed by atoms with Gasteiger partial charge < -0.3 is 5.32 Å². The fourth-order valence-electron chi connectivity index (χ4n) is 2.29. The van der Waals surface area contributed by atoms with Gasteiger partial charge in [0.2, 0.25) is 0 Å². The van der Waals surface area contributed by atoms with Crippen molar-refractivity contribution in [2.45, 2.75) is 25.3 Å². The first-order chi connectivity index (χ1) is 8.83. The van der Waals surface area contributed by atoms with Crippen molar-refractivity contribution in [1.29, 1.82) is 0 Å². The van der Waals surface area contributed by atoms with Gasteiger partial charge in [-0.15, -0.1) is 11.3 Å². The van der Waals surface area contributed by atoms with Crippen molar-refractivity contribution >= 4 is 22.9 Å². The number of rotatable bonds is 2. The zero-order chi connectivity index (χ0) is 12.4. The lowest BCUT2D eigenvalue weighted by Gasteiger charge is -2.21. The molecule has 0 aliphatic carbocycles. The van der Waals surface area contributed by atoms with Crippen LogP contribution in [0.2, 0.25) is 5.02 Å². The molecule has 1 aliphatic rings. The molecule has 3 rings (SSSR count). The fourth-order valence-corrected chi connectivity index (χ4v) is 3.42. The highest BCUT2D eigenvalue weighted by molar-refractivity contribution is 7.10. The maximum Gasteiger partial charge on any atom is 0.110 e. The van der Waals surface area contributed by atoms with Gasteiger partial charge in [-0.05, 0) is 31.5 Å². The molecule has 94 valence electrons. The van der Waals surface area contributed by atoms with Crippen molar-refractivity contribution in [2.75, 3.05) is 6.54 Å². The summed E-state index contributed by atoms with van der Waals surface area (Å²) in [5, 5.41) is 7.62. The Bertz CT molecular complexity index is 532. The highest BCUT2D eigenvalue weighted by Gasteiger charge is 2.18. The summed E-state index contributed by atoms with van der Waals surface area (Å²) in [6, 6.07) is 8.32. The number of benzene rings is 1. The molecule has 1 aliphatic heterocycles. The molecule has 2 heterocycles. The van der Waals surface area contributed by atoms with Gasteiger partial charge in [-0.1, -0.05) is 30.2 Å². The first-order valence-electron chi connectivity index (χ1n) is 6.28. The predicted octanol–water partition coefficient (Wildman–Crippen LogP) is 4.28. The SMILES string of the molecule is Clc1cccc(-c2csc(C3CCCCN3)n2)c1. The second-order valence-corrected chi connectivity index (χ2v) is 5.91. The van der Waals surface area contributed by atoms with E-state index in [4.69, 9.17) is 16.6 Å². The van der Waals surface area contributed by atoms with Crippen LogP contribution >= 0.6 is 22.9 Å². The molecule has 0 amide bonds. The minimum atomic E-state index is 0.441. The molecule has 0 bridgehead atoms. The average molecular weight is 279 g/mol. The number of thiazole rings is 1. The summed E-state index contributed by atoms with van der Waals surface area (Å²) < 4.78 is 0. The molecule has 18 heavy (non-hydrogen) atoms. The quantitative estimate of drug-likeness (QED) is 0.887. The summed E-state index contributed by atoms with van der Waals surface area (Å²) in [6.07, 6.45) is 3.77. The third-order valence-corrected chi connectivity index (χ3v) is 4.44. The Kier molecular flexibility index (Phi) is 3.64. The largest absolute Gasteiger partial charge is 0.308 e. The molecule has 1 aromatic heterocycles. The van der Waals surface area contributed by atoms with Crippen LogP contribution in [0, 0.1) is 0 Å². The normalized spacial score (nSPS) is 19.9. The Hall–Kier alpha value is -0.900. The molecule has 0 radical (unpaired) electrons. The van der Waals surface area contributed by atoms with Gasteiger partial charge in [0.05, 0.1) is 11.7 Å². The molecule has 4 heteroatoms. The van der Waals surface area contributed by atoms with Crippen LogP contribution in [0.3, 0.4) is 0 Å². The average Bonchev–Trinajstić information content (AvgIpc) is 2.89. The molecular weight excluding hydrogens is 264 g/mol. The second kappa shape index (κ2) is 5.39. The summed E-state index contributed by atoms with van der Waals surface area (Å²) in [5.74, 6) is 0. The van der Waals surface area contributed by atoms with E-state index in [0.29, 0.717) is 6.04 Å². The van der Waals surface area contributed by atoms with Gasteiger partial charge in [-0.2, -0.15) is 0 Å². The highest BCUT2D eigenvalue weighted by Crippen LogP contribution is 2.30. The molecule has 1 N–H and O–H groups in total.